The standard InChI is InChI=1S/C15H24N2O/c16-9-12-18-15-7-4-10-17(11-8-15)13-14-5-2-1-3-6-14/h1-3,5-6,15H,4,7-13,16H2. The Labute approximate surface area is 110 Å². The fourth-order valence-electron chi connectivity index (χ4n) is 2.53. The number of ether oxygens (including phenoxy) is 1. The highest BCUT2D eigenvalue weighted by Crippen LogP contribution is 2.16. The van der Waals surface area contributed by atoms with E-state index in [0.29, 0.717) is 19.3 Å². The maximum atomic E-state index is 5.76. The molecule has 18 heavy (non-hydrogen) atoms. The van der Waals surface area contributed by atoms with Crippen LogP contribution in [-0.2, 0) is 11.3 Å². The van der Waals surface area contributed by atoms with Gasteiger partial charge in [-0.15, -0.1) is 0 Å². The molecule has 0 aliphatic carbocycles. The second-order valence-corrected chi connectivity index (χ2v) is 4.97. The molecule has 1 unspecified atom stereocenters. The van der Waals surface area contributed by atoms with Gasteiger partial charge in [0.2, 0.25) is 0 Å². The van der Waals surface area contributed by atoms with E-state index >= 15 is 0 Å². The van der Waals surface area contributed by atoms with Crippen LogP contribution in [0.1, 0.15) is 24.8 Å². The minimum Gasteiger partial charge on any atom is -0.377 e. The average Bonchev–Trinajstić information content (AvgIpc) is 2.63. The Morgan fingerprint density at radius 1 is 1.17 bits per heavy atom. The molecule has 0 radical (unpaired) electrons. The van der Waals surface area contributed by atoms with Gasteiger partial charge in [-0.25, -0.2) is 0 Å². The van der Waals surface area contributed by atoms with Gasteiger partial charge in [-0.05, 0) is 31.4 Å². The van der Waals surface area contributed by atoms with E-state index in [4.69, 9.17) is 10.5 Å². The van der Waals surface area contributed by atoms with Gasteiger partial charge in [-0.2, -0.15) is 0 Å². The summed E-state index contributed by atoms with van der Waals surface area (Å²) in [5, 5.41) is 0. The van der Waals surface area contributed by atoms with Crippen molar-refractivity contribution in [1.29, 1.82) is 0 Å². The highest BCUT2D eigenvalue weighted by atomic mass is 16.5. The fraction of sp³-hybridized carbons (Fsp3) is 0.600. The monoisotopic (exact) mass is 248 g/mol. The molecule has 1 aromatic rings. The van der Waals surface area contributed by atoms with Crippen molar-refractivity contribution in [2.45, 2.75) is 31.9 Å². The number of hydrogen-bond acceptors (Lipinski definition) is 3. The first-order valence-electron chi connectivity index (χ1n) is 6.96. The Morgan fingerprint density at radius 2 is 2.00 bits per heavy atom. The molecule has 0 bridgehead atoms. The summed E-state index contributed by atoms with van der Waals surface area (Å²) < 4.78 is 5.76. The highest BCUT2D eigenvalue weighted by Gasteiger charge is 2.17. The van der Waals surface area contributed by atoms with Crippen molar-refractivity contribution < 1.29 is 4.74 Å². The number of likely N-dealkylation sites (tertiary alicyclic amines) is 1. The Bertz CT molecular complexity index is 329. The van der Waals surface area contributed by atoms with E-state index in [2.05, 4.69) is 35.2 Å². The molecular weight excluding hydrogens is 224 g/mol. The van der Waals surface area contributed by atoms with Gasteiger partial charge in [0, 0.05) is 19.6 Å². The van der Waals surface area contributed by atoms with Crippen molar-refractivity contribution in [1.82, 2.24) is 4.90 Å². The van der Waals surface area contributed by atoms with E-state index < -0.39 is 0 Å². The van der Waals surface area contributed by atoms with Gasteiger partial charge in [0.05, 0.1) is 12.7 Å². The molecule has 1 saturated heterocycles. The van der Waals surface area contributed by atoms with Crippen molar-refractivity contribution in [3.05, 3.63) is 35.9 Å². The van der Waals surface area contributed by atoms with E-state index in [1.54, 1.807) is 0 Å². The zero-order chi connectivity index (χ0) is 12.6. The van der Waals surface area contributed by atoms with Crippen LogP contribution in [0.5, 0.6) is 0 Å². The van der Waals surface area contributed by atoms with Crippen molar-refractivity contribution in [3.63, 3.8) is 0 Å². The van der Waals surface area contributed by atoms with Crippen molar-refractivity contribution in [2.75, 3.05) is 26.2 Å². The second-order valence-electron chi connectivity index (χ2n) is 4.97. The molecule has 3 heteroatoms. The minimum atomic E-state index is 0.411. The van der Waals surface area contributed by atoms with Crippen LogP contribution >= 0.6 is 0 Å². The first-order valence-corrected chi connectivity index (χ1v) is 6.96. The first-order chi connectivity index (χ1) is 8.88. The third-order valence-electron chi connectivity index (χ3n) is 3.49. The highest BCUT2D eigenvalue weighted by molar-refractivity contribution is 5.14. The van der Waals surface area contributed by atoms with Crippen LogP contribution in [0.4, 0.5) is 0 Å². The molecule has 1 atom stereocenters. The third kappa shape index (κ3) is 4.41. The number of nitrogens with two attached hydrogens (primary N) is 1. The normalized spacial score (nSPS) is 21.7. The summed E-state index contributed by atoms with van der Waals surface area (Å²) in [4.78, 5) is 2.53. The molecule has 0 spiro atoms. The second kappa shape index (κ2) is 7.52. The summed E-state index contributed by atoms with van der Waals surface area (Å²) in [6.45, 7) is 4.69. The topological polar surface area (TPSA) is 38.5 Å². The predicted octanol–water partition coefficient (Wildman–Crippen LogP) is 2.02. The lowest BCUT2D eigenvalue weighted by Gasteiger charge is -2.20. The summed E-state index contributed by atoms with van der Waals surface area (Å²) in [6.07, 6.45) is 3.94. The lowest BCUT2D eigenvalue weighted by molar-refractivity contribution is 0.0485. The van der Waals surface area contributed by atoms with E-state index in [-0.39, 0.29) is 0 Å². The number of hydrogen-bond donors (Lipinski definition) is 1. The predicted molar refractivity (Wildman–Crippen MR) is 74.4 cm³/mol. The smallest absolute Gasteiger partial charge is 0.0592 e. The molecule has 0 saturated carbocycles. The molecule has 0 aromatic heterocycles. The molecule has 0 amide bonds. The lowest BCUT2D eigenvalue weighted by atomic mass is 10.2. The zero-order valence-electron chi connectivity index (χ0n) is 11.1. The first kappa shape index (κ1) is 13.5. The summed E-state index contributed by atoms with van der Waals surface area (Å²) in [7, 11) is 0. The van der Waals surface area contributed by atoms with Crippen LogP contribution in [0.15, 0.2) is 30.3 Å². The SMILES string of the molecule is NCCOC1CCCN(Cc2ccccc2)CC1. The Kier molecular flexibility index (Phi) is 5.65. The largest absolute Gasteiger partial charge is 0.377 e. The Hall–Kier alpha value is -0.900. The van der Waals surface area contributed by atoms with E-state index in [1.165, 1.54) is 24.9 Å². The van der Waals surface area contributed by atoms with Crippen LogP contribution in [0.25, 0.3) is 0 Å². The molecule has 2 rings (SSSR count). The summed E-state index contributed by atoms with van der Waals surface area (Å²) >= 11 is 0. The number of benzene rings is 1. The van der Waals surface area contributed by atoms with Crippen molar-refractivity contribution >= 4 is 0 Å². The molecule has 2 N–H and O–H groups in total. The molecule has 1 fully saturated rings. The molecule has 1 aromatic carbocycles. The third-order valence-corrected chi connectivity index (χ3v) is 3.49. The van der Waals surface area contributed by atoms with Gasteiger partial charge in [0.1, 0.15) is 0 Å². The molecular formula is C15H24N2O. The van der Waals surface area contributed by atoms with E-state index in [1.807, 2.05) is 0 Å². The van der Waals surface area contributed by atoms with Crippen LogP contribution < -0.4 is 5.73 Å². The van der Waals surface area contributed by atoms with Crippen LogP contribution in [0, 0.1) is 0 Å². The van der Waals surface area contributed by atoms with E-state index in [9.17, 15) is 0 Å². The molecule has 3 nitrogen and oxygen atoms in total. The molecule has 1 heterocycles. The van der Waals surface area contributed by atoms with Gasteiger partial charge in [-0.3, -0.25) is 4.90 Å². The van der Waals surface area contributed by atoms with Crippen LogP contribution in [-0.4, -0.2) is 37.2 Å². The molecule has 1 aliphatic heterocycles. The summed E-state index contributed by atoms with van der Waals surface area (Å²) in [6, 6.07) is 10.7. The quantitative estimate of drug-likeness (QED) is 0.866. The van der Waals surface area contributed by atoms with E-state index in [0.717, 1.165) is 19.5 Å². The Balaban J connectivity index is 1.78. The van der Waals surface area contributed by atoms with Gasteiger partial charge in [-0.1, -0.05) is 30.3 Å². The molecule has 1 aliphatic rings. The van der Waals surface area contributed by atoms with Crippen LogP contribution in [0.3, 0.4) is 0 Å². The maximum absolute atomic E-state index is 5.76. The van der Waals surface area contributed by atoms with Crippen molar-refractivity contribution in [2.24, 2.45) is 5.73 Å². The maximum Gasteiger partial charge on any atom is 0.0592 e. The van der Waals surface area contributed by atoms with Gasteiger partial charge in [0.15, 0.2) is 0 Å². The van der Waals surface area contributed by atoms with Gasteiger partial charge in [0.25, 0.3) is 0 Å². The molecule has 100 valence electrons. The summed E-state index contributed by atoms with van der Waals surface area (Å²) in [5.41, 5.74) is 6.88. The minimum absolute atomic E-state index is 0.411. The van der Waals surface area contributed by atoms with Crippen LogP contribution in [0.2, 0.25) is 0 Å². The number of nitrogens with zero attached hydrogens (tertiary/aromatic N) is 1. The summed E-state index contributed by atoms with van der Waals surface area (Å²) in [5.74, 6) is 0. The van der Waals surface area contributed by atoms with Gasteiger partial charge < -0.3 is 10.5 Å². The van der Waals surface area contributed by atoms with Crippen molar-refractivity contribution in [3.8, 4) is 0 Å². The average molecular weight is 248 g/mol. The number of rotatable bonds is 5. The Morgan fingerprint density at radius 3 is 2.78 bits per heavy atom. The lowest BCUT2D eigenvalue weighted by Crippen LogP contribution is -2.25. The van der Waals surface area contributed by atoms with Gasteiger partial charge >= 0.3 is 0 Å². The fourth-order valence-corrected chi connectivity index (χ4v) is 2.53. The zero-order valence-corrected chi connectivity index (χ0v) is 11.1.